The van der Waals surface area contributed by atoms with Gasteiger partial charge in [0.2, 0.25) is 0 Å². The van der Waals surface area contributed by atoms with Crippen LogP contribution >= 0.6 is 0 Å². The van der Waals surface area contributed by atoms with Crippen molar-refractivity contribution in [3.05, 3.63) is 30.1 Å². The van der Waals surface area contributed by atoms with Gasteiger partial charge in [-0.25, -0.2) is 9.78 Å². The molecule has 0 radical (unpaired) electrons. The lowest BCUT2D eigenvalue weighted by Crippen LogP contribution is -2.21. The van der Waals surface area contributed by atoms with Gasteiger partial charge in [-0.05, 0) is 18.6 Å². The number of fused-ring (bicyclic) bond motifs is 1. The lowest BCUT2D eigenvalue weighted by molar-refractivity contribution is 0.0690. The van der Waals surface area contributed by atoms with Crippen LogP contribution in [0.15, 0.2) is 24.4 Å². The van der Waals surface area contributed by atoms with Crippen LogP contribution in [0.5, 0.6) is 0 Å². The van der Waals surface area contributed by atoms with Gasteiger partial charge in [-0.1, -0.05) is 19.4 Å². The van der Waals surface area contributed by atoms with Crippen LogP contribution in [-0.4, -0.2) is 34.1 Å². The predicted octanol–water partition coefficient (Wildman–Crippen LogP) is 2.27. The molecule has 2 heterocycles. The van der Waals surface area contributed by atoms with Gasteiger partial charge in [0.05, 0.1) is 0 Å². The molecule has 0 aromatic carbocycles. The zero-order valence-corrected chi connectivity index (χ0v) is 10.6. The van der Waals surface area contributed by atoms with Gasteiger partial charge in [0.25, 0.3) is 0 Å². The minimum Gasteiger partial charge on any atom is -0.476 e. The number of aromatic nitrogens is 2. The summed E-state index contributed by atoms with van der Waals surface area (Å²) in [5, 5.41) is 9.34. The highest BCUT2D eigenvalue weighted by Gasteiger charge is 2.20. The third-order valence-corrected chi connectivity index (χ3v) is 2.92. The molecule has 0 unspecified atom stereocenters. The lowest BCUT2D eigenvalue weighted by atomic mass is 10.3. The van der Waals surface area contributed by atoms with E-state index in [1.165, 1.54) is 0 Å². The minimum absolute atomic E-state index is 0.226. The van der Waals surface area contributed by atoms with Crippen LogP contribution in [0.25, 0.3) is 5.65 Å². The van der Waals surface area contributed by atoms with Crippen molar-refractivity contribution in [1.29, 1.82) is 0 Å². The Bertz CT molecular complexity index is 562. The van der Waals surface area contributed by atoms with E-state index in [2.05, 4.69) is 11.9 Å². The number of aromatic carboxylic acids is 1. The first-order chi connectivity index (χ1) is 8.65. The summed E-state index contributed by atoms with van der Waals surface area (Å²) in [6.07, 6.45) is 3.81. The Morgan fingerprint density at radius 2 is 2.28 bits per heavy atom. The maximum absolute atomic E-state index is 11.4. The third-order valence-electron chi connectivity index (χ3n) is 2.92. The van der Waals surface area contributed by atoms with Gasteiger partial charge in [-0.2, -0.15) is 0 Å². The monoisotopic (exact) mass is 247 g/mol. The number of carbonyl (C=O) groups is 1. The van der Waals surface area contributed by atoms with Gasteiger partial charge < -0.3 is 10.0 Å². The molecular formula is C13H17N3O2. The molecule has 18 heavy (non-hydrogen) atoms. The molecule has 96 valence electrons. The van der Waals surface area contributed by atoms with Crippen molar-refractivity contribution in [3.63, 3.8) is 0 Å². The van der Waals surface area contributed by atoms with E-state index in [1.807, 2.05) is 24.1 Å². The van der Waals surface area contributed by atoms with E-state index in [4.69, 9.17) is 0 Å². The molecule has 0 aliphatic heterocycles. The number of unbranched alkanes of at least 4 members (excludes halogenated alkanes) is 1. The fourth-order valence-corrected chi connectivity index (χ4v) is 1.95. The predicted molar refractivity (Wildman–Crippen MR) is 70.3 cm³/mol. The highest BCUT2D eigenvalue weighted by molar-refractivity contribution is 5.93. The van der Waals surface area contributed by atoms with E-state index in [1.54, 1.807) is 16.7 Å². The average molecular weight is 247 g/mol. The molecule has 1 N–H and O–H groups in total. The second-order valence-electron chi connectivity index (χ2n) is 4.29. The molecule has 0 aliphatic rings. The number of hydrogen-bond acceptors (Lipinski definition) is 3. The van der Waals surface area contributed by atoms with Crippen LogP contribution in [0.2, 0.25) is 0 Å². The van der Waals surface area contributed by atoms with Crippen molar-refractivity contribution >= 4 is 17.4 Å². The van der Waals surface area contributed by atoms with Crippen molar-refractivity contribution in [1.82, 2.24) is 9.38 Å². The van der Waals surface area contributed by atoms with Crippen LogP contribution in [0.3, 0.4) is 0 Å². The summed E-state index contributed by atoms with van der Waals surface area (Å²) in [4.78, 5) is 17.7. The van der Waals surface area contributed by atoms with E-state index in [-0.39, 0.29) is 5.69 Å². The minimum atomic E-state index is -0.952. The molecule has 0 saturated carbocycles. The Hall–Kier alpha value is -2.04. The number of pyridine rings is 1. The smallest absolute Gasteiger partial charge is 0.356 e. The number of anilines is 1. The molecule has 2 aromatic rings. The van der Waals surface area contributed by atoms with Gasteiger partial charge in [-0.3, -0.25) is 4.40 Å². The lowest BCUT2D eigenvalue weighted by Gasteiger charge is -2.16. The Morgan fingerprint density at radius 3 is 2.94 bits per heavy atom. The molecule has 0 saturated heterocycles. The molecule has 0 fully saturated rings. The second-order valence-corrected chi connectivity index (χ2v) is 4.29. The van der Waals surface area contributed by atoms with Crippen LogP contribution in [-0.2, 0) is 0 Å². The molecule has 5 heteroatoms. The second kappa shape index (κ2) is 5.08. The first-order valence-electron chi connectivity index (χ1n) is 6.06. The molecular weight excluding hydrogens is 230 g/mol. The van der Waals surface area contributed by atoms with Gasteiger partial charge in [0, 0.05) is 19.8 Å². The van der Waals surface area contributed by atoms with Crippen molar-refractivity contribution in [2.24, 2.45) is 0 Å². The van der Waals surface area contributed by atoms with Crippen molar-refractivity contribution in [2.75, 3.05) is 18.5 Å². The van der Waals surface area contributed by atoms with Crippen molar-refractivity contribution in [2.45, 2.75) is 19.8 Å². The SMILES string of the molecule is CCCCN(C)c1nc2ccccn2c1C(=O)O. The van der Waals surface area contributed by atoms with E-state index < -0.39 is 5.97 Å². The van der Waals surface area contributed by atoms with Crippen LogP contribution in [0.1, 0.15) is 30.3 Å². The standard InChI is InChI=1S/C13H17N3O2/c1-3-4-8-15(2)12-11(13(17)18)16-9-6-5-7-10(16)14-12/h5-7,9H,3-4,8H2,1-2H3,(H,17,18). The number of carboxylic acids is 1. The van der Waals surface area contributed by atoms with E-state index in [9.17, 15) is 9.90 Å². The summed E-state index contributed by atoms with van der Waals surface area (Å²) in [6, 6.07) is 5.46. The highest BCUT2D eigenvalue weighted by atomic mass is 16.4. The van der Waals surface area contributed by atoms with Crippen LogP contribution in [0.4, 0.5) is 5.82 Å². The van der Waals surface area contributed by atoms with Gasteiger partial charge >= 0.3 is 5.97 Å². The number of rotatable bonds is 5. The maximum atomic E-state index is 11.4. The van der Waals surface area contributed by atoms with Gasteiger partial charge in [0.15, 0.2) is 11.5 Å². The van der Waals surface area contributed by atoms with Gasteiger partial charge in [-0.15, -0.1) is 0 Å². The fourth-order valence-electron chi connectivity index (χ4n) is 1.95. The van der Waals surface area contributed by atoms with Crippen LogP contribution < -0.4 is 4.90 Å². The maximum Gasteiger partial charge on any atom is 0.356 e. The molecule has 2 rings (SSSR count). The topological polar surface area (TPSA) is 57.8 Å². The Balaban J connectivity index is 2.48. The zero-order valence-electron chi connectivity index (χ0n) is 10.6. The molecule has 0 amide bonds. The molecule has 5 nitrogen and oxygen atoms in total. The summed E-state index contributed by atoms with van der Waals surface area (Å²) in [6.45, 7) is 2.91. The molecule has 0 atom stereocenters. The summed E-state index contributed by atoms with van der Waals surface area (Å²) in [5.74, 6) is -0.422. The van der Waals surface area contributed by atoms with Crippen LogP contribution in [0, 0.1) is 0 Å². The molecule has 0 bridgehead atoms. The summed E-state index contributed by atoms with van der Waals surface area (Å²) in [5.41, 5.74) is 0.887. The van der Waals surface area contributed by atoms with E-state index >= 15 is 0 Å². The highest BCUT2D eigenvalue weighted by Crippen LogP contribution is 2.21. The normalized spacial score (nSPS) is 10.8. The van der Waals surface area contributed by atoms with Gasteiger partial charge in [0.1, 0.15) is 5.65 Å². The Kier molecular flexibility index (Phi) is 3.50. The average Bonchev–Trinajstić information content (AvgIpc) is 2.75. The number of imidazole rings is 1. The zero-order chi connectivity index (χ0) is 13.1. The first-order valence-corrected chi connectivity index (χ1v) is 6.06. The van der Waals surface area contributed by atoms with Crippen molar-refractivity contribution < 1.29 is 9.90 Å². The van der Waals surface area contributed by atoms with E-state index in [0.717, 1.165) is 19.4 Å². The quantitative estimate of drug-likeness (QED) is 0.880. The first kappa shape index (κ1) is 12.4. The number of hydrogen-bond donors (Lipinski definition) is 1. The molecule has 0 aliphatic carbocycles. The fraction of sp³-hybridized carbons (Fsp3) is 0.385. The summed E-state index contributed by atoms with van der Waals surface area (Å²) in [7, 11) is 1.88. The largest absolute Gasteiger partial charge is 0.476 e. The Labute approximate surface area is 106 Å². The van der Waals surface area contributed by atoms with Crippen molar-refractivity contribution in [3.8, 4) is 0 Å². The summed E-state index contributed by atoms with van der Waals surface area (Å²) < 4.78 is 1.61. The Morgan fingerprint density at radius 1 is 1.50 bits per heavy atom. The summed E-state index contributed by atoms with van der Waals surface area (Å²) >= 11 is 0. The van der Waals surface area contributed by atoms with E-state index in [0.29, 0.717) is 11.5 Å². The molecule has 0 spiro atoms. The molecule has 2 aromatic heterocycles. The number of carboxylic acid groups (broad SMARTS) is 1. The third kappa shape index (κ3) is 2.16. The number of nitrogens with zero attached hydrogens (tertiary/aromatic N) is 3.